The van der Waals surface area contributed by atoms with Gasteiger partial charge in [0.1, 0.15) is 0 Å². The molecule has 0 bridgehead atoms. The molecule has 0 radical (unpaired) electrons. The van der Waals surface area contributed by atoms with Gasteiger partial charge in [-0.1, -0.05) is 19.1 Å². The summed E-state index contributed by atoms with van der Waals surface area (Å²) in [5.41, 5.74) is 0.666. The maximum atomic E-state index is 12.4. The monoisotopic (exact) mass is 342 g/mol. The van der Waals surface area contributed by atoms with Gasteiger partial charge in [-0.15, -0.1) is 10.2 Å². The van der Waals surface area contributed by atoms with Crippen molar-refractivity contribution in [2.45, 2.75) is 19.9 Å². The molecule has 8 nitrogen and oxygen atoms in total. The van der Waals surface area contributed by atoms with Crippen LogP contribution in [0.4, 0.5) is 0 Å². The summed E-state index contributed by atoms with van der Waals surface area (Å²) in [6.45, 7) is 3.41. The van der Waals surface area contributed by atoms with Crippen LogP contribution in [0.5, 0.6) is 0 Å². The van der Waals surface area contributed by atoms with Gasteiger partial charge in [0.2, 0.25) is 11.7 Å². The number of aryl methyl sites for hydroxylation is 1. The number of aromatic nitrogens is 4. The Balaban J connectivity index is 1.95. The first-order valence-electron chi connectivity index (χ1n) is 8.30. The number of nitrogens with zero attached hydrogens (tertiary/aromatic N) is 5. The average Bonchev–Trinajstić information content (AvgIpc) is 3.01. The summed E-state index contributed by atoms with van der Waals surface area (Å²) in [4.78, 5) is 26.2. The number of likely N-dealkylation sites (N-methyl/N-ethyl adjacent to an activating group) is 1. The Kier molecular flexibility index (Phi) is 4.80. The minimum atomic E-state index is -0.102. The quantitative estimate of drug-likeness (QED) is 0.707. The highest BCUT2D eigenvalue weighted by molar-refractivity contribution is 5.80. The Morgan fingerprint density at radius 2 is 2.04 bits per heavy atom. The van der Waals surface area contributed by atoms with E-state index < -0.39 is 0 Å². The SMILES string of the molecule is CCCNC(=O)CN(C)Cc1nnc2n(C)c(=O)c3ccccc3n12. The van der Waals surface area contributed by atoms with Crippen LogP contribution in [0, 0.1) is 0 Å². The van der Waals surface area contributed by atoms with Crippen LogP contribution in [0.15, 0.2) is 29.1 Å². The van der Waals surface area contributed by atoms with E-state index in [4.69, 9.17) is 0 Å². The molecule has 0 aliphatic rings. The number of para-hydroxylation sites is 1. The van der Waals surface area contributed by atoms with Gasteiger partial charge in [0, 0.05) is 13.6 Å². The summed E-state index contributed by atoms with van der Waals surface area (Å²) in [5.74, 6) is 1.16. The molecule has 1 aromatic carbocycles. The highest BCUT2D eigenvalue weighted by Gasteiger charge is 2.16. The van der Waals surface area contributed by atoms with Gasteiger partial charge in [-0.05, 0) is 25.6 Å². The largest absolute Gasteiger partial charge is 0.355 e. The second kappa shape index (κ2) is 7.02. The van der Waals surface area contributed by atoms with Crippen molar-refractivity contribution in [2.75, 3.05) is 20.1 Å². The van der Waals surface area contributed by atoms with Gasteiger partial charge < -0.3 is 5.32 Å². The maximum Gasteiger partial charge on any atom is 0.262 e. The minimum Gasteiger partial charge on any atom is -0.355 e. The molecule has 8 heteroatoms. The van der Waals surface area contributed by atoms with E-state index in [9.17, 15) is 9.59 Å². The van der Waals surface area contributed by atoms with E-state index in [-0.39, 0.29) is 18.0 Å². The fraction of sp³-hybridized carbons (Fsp3) is 0.412. The fourth-order valence-electron chi connectivity index (χ4n) is 2.86. The highest BCUT2D eigenvalue weighted by Crippen LogP contribution is 2.14. The second-order valence-electron chi connectivity index (χ2n) is 6.16. The second-order valence-corrected chi connectivity index (χ2v) is 6.16. The molecule has 3 rings (SSSR count). The average molecular weight is 342 g/mol. The molecule has 25 heavy (non-hydrogen) atoms. The summed E-state index contributed by atoms with van der Waals surface area (Å²) in [7, 11) is 3.54. The van der Waals surface area contributed by atoms with Gasteiger partial charge in [0.15, 0.2) is 5.82 Å². The van der Waals surface area contributed by atoms with Gasteiger partial charge in [0.25, 0.3) is 5.56 Å². The van der Waals surface area contributed by atoms with Crippen molar-refractivity contribution in [3.8, 4) is 0 Å². The lowest BCUT2D eigenvalue weighted by molar-refractivity contribution is -0.122. The predicted molar refractivity (Wildman–Crippen MR) is 95.4 cm³/mol. The molecule has 0 atom stereocenters. The Morgan fingerprint density at radius 3 is 2.80 bits per heavy atom. The topological polar surface area (TPSA) is 84.5 Å². The molecule has 0 saturated heterocycles. The van der Waals surface area contributed by atoms with E-state index >= 15 is 0 Å². The number of benzene rings is 1. The summed E-state index contributed by atoms with van der Waals surface area (Å²) in [6, 6.07) is 7.39. The maximum absolute atomic E-state index is 12.4. The van der Waals surface area contributed by atoms with Crippen LogP contribution in [-0.4, -0.2) is 50.1 Å². The summed E-state index contributed by atoms with van der Waals surface area (Å²) >= 11 is 0. The van der Waals surface area contributed by atoms with Gasteiger partial charge in [0.05, 0.1) is 24.0 Å². The molecule has 0 aliphatic heterocycles. The molecular formula is C17H22N6O2. The highest BCUT2D eigenvalue weighted by atomic mass is 16.2. The lowest BCUT2D eigenvalue weighted by atomic mass is 10.2. The number of hydrogen-bond donors (Lipinski definition) is 1. The number of fused-ring (bicyclic) bond motifs is 3. The van der Waals surface area contributed by atoms with Crippen molar-refractivity contribution < 1.29 is 4.79 Å². The summed E-state index contributed by atoms with van der Waals surface area (Å²) < 4.78 is 3.37. The first-order valence-corrected chi connectivity index (χ1v) is 8.30. The van der Waals surface area contributed by atoms with Crippen LogP contribution >= 0.6 is 0 Å². The van der Waals surface area contributed by atoms with E-state index in [1.807, 2.05) is 41.5 Å². The third kappa shape index (κ3) is 3.25. The molecule has 0 aliphatic carbocycles. The van der Waals surface area contributed by atoms with Gasteiger partial charge in [-0.3, -0.25) is 23.5 Å². The molecule has 132 valence electrons. The van der Waals surface area contributed by atoms with Crippen LogP contribution in [0.3, 0.4) is 0 Å². The molecule has 3 aromatic rings. The number of rotatable bonds is 6. The van der Waals surface area contributed by atoms with Crippen LogP contribution in [-0.2, 0) is 18.4 Å². The molecule has 0 spiro atoms. The molecule has 2 heterocycles. The summed E-state index contributed by atoms with van der Waals surface area (Å²) in [6.07, 6.45) is 0.907. The lowest BCUT2D eigenvalue weighted by Crippen LogP contribution is -2.35. The number of amides is 1. The van der Waals surface area contributed by atoms with Crippen molar-refractivity contribution in [3.05, 3.63) is 40.4 Å². The Morgan fingerprint density at radius 1 is 1.28 bits per heavy atom. The molecule has 1 amide bonds. The zero-order valence-electron chi connectivity index (χ0n) is 14.7. The molecular weight excluding hydrogens is 320 g/mol. The Labute approximate surface area is 145 Å². The van der Waals surface area contributed by atoms with E-state index in [1.54, 1.807) is 13.1 Å². The molecule has 1 N–H and O–H groups in total. The van der Waals surface area contributed by atoms with E-state index in [2.05, 4.69) is 15.5 Å². The Hall–Kier alpha value is -2.74. The predicted octanol–water partition coefficient (Wildman–Crippen LogP) is 0.539. The first-order chi connectivity index (χ1) is 12.0. The smallest absolute Gasteiger partial charge is 0.262 e. The summed E-state index contributed by atoms with van der Waals surface area (Å²) in [5, 5.41) is 11.9. The van der Waals surface area contributed by atoms with Gasteiger partial charge >= 0.3 is 0 Å². The number of carbonyl (C=O) groups excluding carboxylic acids is 1. The first kappa shape index (κ1) is 17.1. The third-order valence-corrected chi connectivity index (χ3v) is 4.09. The van der Waals surface area contributed by atoms with E-state index in [1.165, 1.54) is 4.57 Å². The molecule has 0 saturated carbocycles. The van der Waals surface area contributed by atoms with Gasteiger partial charge in [-0.2, -0.15) is 0 Å². The normalized spacial score (nSPS) is 11.5. The zero-order valence-corrected chi connectivity index (χ0v) is 14.7. The van der Waals surface area contributed by atoms with Gasteiger partial charge in [-0.25, -0.2) is 0 Å². The van der Waals surface area contributed by atoms with Crippen LogP contribution < -0.4 is 10.9 Å². The van der Waals surface area contributed by atoms with Crippen LogP contribution in [0.2, 0.25) is 0 Å². The molecule has 2 aromatic heterocycles. The van der Waals surface area contributed by atoms with Crippen molar-refractivity contribution >= 4 is 22.6 Å². The molecule has 0 fully saturated rings. The van der Waals surface area contributed by atoms with Crippen molar-refractivity contribution in [3.63, 3.8) is 0 Å². The minimum absolute atomic E-state index is 0.0181. The number of carbonyl (C=O) groups is 1. The van der Waals surface area contributed by atoms with Crippen molar-refractivity contribution in [1.82, 2.24) is 29.4 Å². The van der Waals surface area contributed by atoms with Crippen molar-refractivity contribution in [1.29, 1.82) is 0 Å². The fourth-order valence-corrected chi connectivity index (χ4v) is 2.86. The number of nitrogens with one attached hydrogen (secondary N) is 1. The standard InChI is InChI=1S/C17H22N6O2/c1-4-9-18-15(24)11-21(2)10-14-19-20-17-22(3)16(25)12-7-5-6-8-13(12)23(14)17/h5-8H,4,9-11H2,1-3H3,(H,18,24). The van der Waals surface area contributed by atoms with E-state index in [0.717, 1.165) is 11.9 Å². The number of hydrogen-bond acceptors (Lipinski definition) is 5. The van der Waals surface area contributed by atoms with E-state index in [0.29, 0.717) is 30.1 Å². The third-order valence-electron chi connectivity index (χ3n) is 4.09. The van der Waals surface area contributed by atoms with Crippen molar-refractivity contribution in [2.24, 2.45) is 7.05 Å². The Bertz CT molecular complexity index is 974. The van der Waals surface area contributed by atoms with Crippen LogP contribution in [0.1, 0.15) is 19.2 Å². The van der Waals surface area contributed by atoms with Crippen LogP contribution in [0.25, 0.3) is 16.7 Å². The zero-order chi connectivity index (χ0) is 18.0. The molecule has 0 unspecified atom stereocenters. The lowest BCUT2D eigenvalue weighted by Gasteiger charge is -2.15.